The van der Waals surface area contributed by atoms with Crippen molar-refractivity contribution in [2.24, 2.45) is 0 Å². The fourth-order valence-electron chi connectivity index (χ4n) is 3.85. The van der Waals surface area contributed by atoms with Gasteiger partial charge in [0, 0.05) is 25.2 Å². The largest absolute Gasteiger partial charge is 0.479 e. The van der Waals surface area contributed by atoms with Gasteiger partial charge < -0.3 is 24.5 Å². The molecule has 0 radical (unpaired) electrons. The van der Waals surface area contributed by atoms with E-state index in [4.69, 9.17) is 9.26 Å². The summed E-state index contributed by atoms with van der Waals surface area (Å²) in [6.07, 6.45) is 1.83. The van der Waals surface area contributed by atoms with Gasteiger partial charge in [0.2, 0.25) is 5.88 Å². The Bertz CT molecular complexity index is 1290. The van der Waals surface area contributed by atoms with Crippen LogP contribution in [0.3, 0.4) is 0 Å². The monoisotopic (exact) mass is 502 g/mol. The van der Waals surface area contributed by atoms with E-state index in [-0.39, 0.29) is 30.7 Å². The Morgan fingerprint density at radius 1 is 1.15 bits per heavy atom. The van der Waals surface area contributed by atoms with Gasteiger partial charge in [-0.1, -0.05) is 35.5 Å². The molecule has 0 saturated heterocycles. The second-order valence-corrected chi connectivity index (χ2v) is 7.45. The number of ether oxygens (including phenoxy) is 1. The molecule has 0 atom stereocenters. The van der Waals surface area contributed by atoms with E-state index in [1.54, 1.807) is 13.0 Å². The van der Waals surface area contributed by atoms with Crippen molar-refractivity contribution >= 4 is 36.4 Å². The van der Waals surface area contributed by atoms with E-state index in [9.17, 15) is 4.79 Å². The lowest BCUT2D eigenvalue weighted by molar-refractivity contribution is 0.102. The van der Waals surface area contributed by atoms with Gasteiger partial charge >= 0.3 is 0 Å². The molecule has 4 aromatic rings. The standard InChI is InChI=1S/C23H22N6O3.2ClH/c1-14-19(20(28-32-14)15-6-4-3-5-7-15)22(30)26-17-9-8-16(27-23(17)31-2)21-18-12-24-10-11-29(18)13-25-21;;/h3-9,13,24H,10-12H2,1-2H3,(H,26,30);2*1H. The number of carbonyl (C=O) groups excluding carboxylic acids is 1. The molecular formula is C23H24Cl2N6O3. The lowest BCUT2D eigenvalue weighted by Crippen LogP contribution is -2.27. The summed E-state index contributed by atoms with van der Waals surface area (Å²) < 4.78 is 12.9. The molecule has 1 aromatic carbocycles. The summed E-state index contributed by atoms with van der Waals surface area (Å²) in [5, 5.41) is 10.3. The third kappa shape index (κ3) is 4.63. The van der Waals surface area contributed by atoms with Crippen LogP contribution >= 0.6 is 24.8 Å². The number of methoxy groups -OCH3 is 1. The Morgan fingerprint density at radius 3 is 2.71 bits per heavy atom. The second kappa shape index (κ2) is 10.7. The maximum absolute atomic E-state index is 13.1. The average Bonchev–Trinajstić information content (AvgIpc) is 3.43. The number of hydrogen-bond acceptors (Lipinski definition) is 7. The predicted molar refractivity (Wildman–Crippen MR) is 133 cm³/mol. The number of anilines is 1. The van der Waals surface area contributed by atoms with E-state index in [0.29, 0.717) is 34.3 Å². The van der Waals surface area contributed by atoms with Crippen molar-refractivity contribution < 1.29 is 14.1 Å². The number of aromatic nitrogens is 4. The summed E-state index contributed by atoms with van der Waals surface area (Å²) in [6, 6.07) is 13.0. The van der Waals surface area contributed by atoms with Crippen molar-refractivity contribution in [3.63, 3.8) is 0 Å². The van der Waals surface area contributed by atoms with Gasteiger partial charge in [0.05, 0.1) is 24.8 Å². The number of imidazole rings is 1. The Morgan fingerprint density at radius 2 is 1.94 bits per heavy atom. The summed E-state index contributed by atoms with van der Waals surface area (Å²) in [5.74, 6) is 0.387. The number of amides is 1. The number of benzene rings is 1. The summed E-state index contributed by atoms with van der Waals surface area (Å²) in [5.41, 5.74) is 4.67. The fourth-order valence-corrected chi connectivity index (χ4v) is 3.85. The van der Waals surface area contributed by atoms with Gasteiger partial charge in [0.15, 0.2) is 0 Å². The van der Waals surface area contributed by atoms with E-state index >= 15 is 0 Å². The second-order valence-electron chi connectivity index (χ2n) is 7.45. The van der Waals surface area contributed by atoms with Crippen LogP contribution in [-0.2, 0) is 13.1 Å². The number of carbonyl (C=O) groups is 1. The smallest absolute Gasteiger partial charge is 0.261 e. The highest BCUT2D eigenvalue weighted by atomic mass is 35.5. The molecule has 9 nitrogen and oxygen atoms in total. The van der Waals surface area contributed by atoms with Crippen molar-refractivity contribution in [1.82, 2.24) is 25.0 Å². The number of halogens is 2. The molecule has 0 saturated carbocycles. The van der Waals surface area contributed by atoms with Crippen LogP contribution in [0.25, 0.3) is 22.6 Å². The molecule has 2 N–H and O–H groups in total. The first-order valence-electron chi connectivity index (χ1n) is 10.3. The first-order chi connectivity index (χ1) is 15.7. The molecule has 1 aliphatic heterocycles. The highest BCUT2D eigenvalue weighted by Gasteiger charge is 2.24. The maximum Gasteiger partial charge on any atom is 0.261 e. The van der Waals surface area contributed by atoms with Crippen molar-refractivity contribution in [2.75, 3.05) is 19.0 Å². The fraction of sp³-hybridized carbons (Fsp3) is 0.217. The maximum atomic E-state index is 13.1. The number of fused-ring (bicyclic) bond motifs is 1. The van der Waals surface area contributed by atoms with Crippen molar-refractivity contribution in [3.05, 3.63) is 65.8 Å². The molecule has 0 unspecified atom stereocenters. The van der Waals surface area contributed by atoms with Gasteiger partial charge in [0.1, 0.15) is 28.4 Å². The zero-order valence-corrected chi connectivity index (χ0v) is 20.2. The molecule has 1 amide bonds. The third-order valence-electron chi connectivity index (χ3n) is 5.45. The molecule has 0 aliphatic carbocycles. The van der Waals surface area contributed by atoms with E-state index in [0.717, 1.165) is 36.6 Å². The van der Waals surface area contributed by atoms with Crippen molar-refractivity contribution in [2.45, 2.75) is 20.0 Å². The molecule has 34 heavy (non-hydrogen) atoms. The molecule has 0 spiro atoms. The van der Waals surface area contributed by atoms with Crippen LogP contribution in [0.1, 0.15) is 21.8 Å². The highest BCUT2D eigenvalue weighted by Crippen LogP contribution is 2.31. The minimum Gasteiger partial charge on any atom is -0.479 e. The average molecular weight is 503 g/mol. The van der Waals surface area contributed by atoms with E-state index in [1.165, 1.54) is 7.11 Å². The Labute approximate surface area is 208 Å². The third-order valence-corrected chi connectivity index (χ3v) is 5.45. The highest BCUT2D eigenvalue weighted by molar-refractivity contribution is 6.09. The summed E-state index contributed by atoms with van der Waals surface area (Å²) in [7, 11) is 1.52. The number of pyridine rings is 1. The van der Waals surface area contributed by atoms with E-state index in [2.05, 4.69) is 30.3 Å². The van der Waals surface area contributed by atoms with Gasteiger partial charge in [-0.15, -0.1) is 24.8 Å². The van der Waals surface area contributed by atoms with Crippen LogP contribution in [0.2, 0.25) is 0 Å². The van der Waals surface area contributed by atoms with Gasteiger partial charge in [0.25, 0.3) is 5.91 Å². The molecule has 5 rings (SSSR count). The summed E-state index contributed by atoms with van der Waals surface area (Å²) in [6.45, 7) is 4.23. The van der Waals surface area contributed by atoms with E-state index in [1.807, 2.05) is 42.7 Å². The number of nitrogens with one attached hydrogen (secondary N) is 2. The number of aryl methyl sites for hydroxylation is 1. The zero-order chi connectivity index (χ0) is 22.1. The van der Waals surface area contributed by atoms with Crippen molar-refractivity contribution in [3.8, 4) is 28.5 Å². The normalized spacial score (nSPS) is 12.2. The first kappa shape index (κ1) is 25.2. The Hall–Kier alpha value is -3.40. The van der Waals surface area contributed by atoms with Gasteiger partial charge in [-0.2, -0.15) is 0 Å². The molecule has 0 bridgehead atoms. The number of nitrogens with zero attached hydrogens (tertiary/aromatic N) is 4. The predicted octanol–water partition coefficient (Wildman–Crippen LogP) is 4.12. The van der Waals surface area contributed by atoms with Gasteiger partial charge in [-0.25, -0.2) is 9.97 Å². The molecule has 0 fully saturated rings. The molecular weight excluding hydrogens is 479 g/mol. The SMILES string of the molecule is COc1nc(-c2ncn3c2CNCC3)ccc1NC(=O)c1c(-c2ccccc2)noc1C.Cl.Cl. The minimum absolute atomic E-state index is 0. The van der Waals surface area contributed by atoms with Crippen LogP contribution < -0.4 is 15.4 Å². The molecule has 178 valence electrons. The van der Waals surface area contributed by atoms with Gasteiger partial charge in [-0.3, -0.25) is 4.79 Å². The minimum atomic E-state index is -0.348. The molecule has 4 heterocycles. The van der Waals surface area contributed by atoms with Crippen LogP contribution in [0, 0.1) is 6.92 Å². The lowest BCUT2D eigenvalue weighted by atomic mass is 10.1. The first-order valence-corrected chi connectivity index (χ1v) is 10.3. The van der Waals surface area contributed by atoms with Crippen LogP contribution in [-0.4, -0.2) is 39.3 Å². The van der Waals surface area contributed by atoms with Crippen molar-refractivity contribution in [1.29, 1.82) is 0 Å². The zero-order valence-electron chi connectivity index (χ0n) is 18.6. The summed E-state index contributed by atoms with van der Waals surface area (Å²) >= 11 is 0. The Kier molecular flexibility index (Phi) is 7.93. The molecule has 1 aliphatic rings. The van der Waals surface area contributed by atoms with Crippen LogP contribution in [0.4, 0.5) is 5.69 Å². The Balaban J connectivity index is 0.00000162. The molecule has 3 aromatic heterocycles. The molecule has 11 heteroatoms. The number of hydrogen-bond donors (Lipinski definition) is 2. The lowest BCUT2D eigenvalue weighted by Gasteiger charge is -2.17. The van der Waals surface area contributed by atoms with Crippen LogP contribution in [0.15, 0.2) is 53.3 Å². The topological polar surface area (TPSA) is 107 Å². The number of rotatable bonds is 5. The van der Waals surface area contributed by atoms with Gasteiger partial charge in [-0.05, 0) is 19.1 Å². The quantitative estimate of drug-likeness (QED) is 0.422. The summed E-state index contributed by atoms with van der Waals surface area (Å²) in [4.78, 5) is 22.3. The van der Waals surface area contributed by atoms with Crippen LogP contribution in [0.5, 0.6) is 5.88 Å². The van der Waals surface area contributed by atoms with E-state index < -0.39 is 0 Å².